The number of hydrogen-bond acceptors (Lipinski definition) is 3. The lowest BCUT2D eigenvalue weighted by Crippen LogP contribution is -2.37. The fraction of sp³-hybridized carbons (Fsp3) is 0.667. The van der Waals surface area contributed by atoms with Crippen LogP contribution in [-0.2, 0) is 6.42 Å². The van der Waals surface area contributed by atoms with E-state index in [1.165, 1.54) is 0 Å². The molecule has 0 radical (unpaired) electrons. The maximum atomic E-state index is 12.2. The van der Waals surface area contributed by atoms with Gasteiger partial charge in [-0.25, -0.2) is 0 Å². The molecule has 1 rings (SSSR count). The molecule has 17 heavy (non-hydrogen) atoms. The average Bonchev–Trinajstić information content (AvgIpc) is 2.61. The number of H-pyrrole nitrogens is 1. The Kier molecular flexibility index (Phi) is 4.54. The first-order chi connectivity index (χ1) is 8.02. The number of rotatable bonds is 5. The first-order valence-corrected chi connectivity index (χ1v) is 6.16. The minimum absolute atomic E-state index is 0.0985. The Labute approximate surface area is 102 Å². The Morgan fingerprint density at radius 2 is 2.12 bits per heavy atom. The highest BCUT2D eigenvalue weighted by atomic mass is 16.2. The lowest BCUT2D eigenvalue weighted by molar-refractivity contribution is 0.0712. The van der Waals surface area contributed by atoms with Gasteiger partial charge < -0.3 is 10.6 Å². The third-order valence-corrected chi connectivity index (χ3v) is 2.81. The van der Waals surface area contributed by atoms with Crippen molar-refractivity contribution in [3.8, 4) is 0 Å². The third-order valence-electron chi connectivity index (χ3n) is 2.81. The van der Waals surface area contributed by atoms with Crippen molar-refractivity contribution in [2.45, 2.75) is 46.6 Å². The van der Waals surface area contributed by atoms with Gasteiger partial charge in [-0.1, -0.05) is 13.3 Å². The number of amides is 1. The molecule has 0 saturated heterocycles. The predicted octanol–water partition coefficient (Wildman–Crippen LogP) is 1.81. The van der Waals surface area contributed by atoms with E-state index < -0.39 is 0 Å². The molecule has 96 valence electrons. The highest BCUT2D eigenvalue weighted by molar-refractivity contribution is 5.97. The Morgan fingerprint density at radius 1 is 1.47 bits per heavy atom. The quantitative estimate of drug-likeness (QED) is 0.821. The van der Waals surface area contributed by atoms with Crippen molar-refractivity contribution in [1.29, 1.82) is 0 Å². The van der Waals surface area contributed by atoms with E-state index >= 15 is 0 Å². The summed E-state index contributed by atoms with van der Waals surface area (Å²) in [6.45, 7) is 8.64. The number of carbonyl (C=O) groups is 1. The highest BCUT2D eigenvalue weighted by Gasteiger charge is 2.23. The van der Waals surface area contributed by atoms with Gasteiger partial charge in [-0.3, -0.25) is 9.89 Å². The van der Waals surface area contributed by atoms with Crippen molar-refractivity contribution in [3.05, 3.63) is 11.4 Å². The normalized spacial score (nSPS) is 10.9. The summed E-state index contributed by atoms with van der Waals surface area (Å²) in [5.74, 6) is -0.0985. The van der Waals surface area contributed by atoms with Crippen molar-refractivity contribution >= 4 is 11.6 Å². The number of hydrogen-bond donors (Lipinski definition) is 2. The third kappa shape index (κ3) is 2.78. The van der Waals surface area contributed by atoms with Crippen LogP contribution in [0.3, 0.4) is 0 Å². The summed E-state index contributed by atoms with van der Waals surface area (Å²) in [6.07, 6.45) is 1.79. The zero-order valence-corrected chi connectivity index (χ0v) is 11.1. The first-order valence-electron chi connectivity index (χ1n) is 6.16. The van der Waals surface area contributed by atoms with Gasteiger partial charge in [0.2, 0.25) is 0 Å². The monoisotopic (exact) mass is 238 g/mol. The second-order valence-electron chi connectivity index (χ2n) is 4.40. The second-order valence-corrected chi connectivity index (χ2v) is 4.40. The zero-order chi connectivity index (χ0) is 13.0. The van der Waals surface area contributed by atoms with Gasteiger partial charge in [-0.15, -0.1) is 0 Å². The van der Waals surface area contributed by atoms with Crippen LogP contribution < -0.4 is 5.73 Å². The lowest BCUT2D eigenvalue weighted by atomic mass is 10.2. The largest absolute Gasteiger partial charge is 0.395 e. The summed E-state index contributed by atoms with van der Waals surface area (Å²) in [6, 6.07) is 0.151. The molecule has 1 aromatic rings. The number of nitrogens with two attached hydrogens (primary N) is 1. The summed E-state index contributed by atoms with van der Waals surface area (Å²) in [4.78, 5) is 14.0. The molecule has 1 aromatic heterocycles. The average molecular weight is 238 g/mol. The summed E-state index contributed by atoms with van der Waals surface area (Å²) < 4.78 is 0. The van der Waals surface area contributed by atoms with E-state index in [4.69, 9.17) is 5.73 Å². The number of nitrogens with zero attached hydrogens (tertiary/aromatic N) is 2. The molecule has 3 N–H and O–H groups in total. The predicted molar refractivity (Wildman–Crippen MR) is 68.8 cm³/mol. The van der Waals surface area contributed by atoms with E-state index in [1.54, 1.807) is 4.90 Å². The van der Waals surface area contributed by atoms with E-state index in [-0.39, 0.29) is 11.9 Å². The van der Waals surface area contributed by atoms with Crippen LogP contribution >= 0.6 is 0 Å². The van der Waals surface area contributed by atoms with E-state index in [1.807, 2.05) is 20.8 Å². The van der Waals surface area contributed by atoms with Crippen LogP contribution in [0, 0.1) is 0 Å². The standard InChI is InChI=1S/C12H22N4O/c1-5-7-9-10(13)11(15-14-9)12(17)16(6-2)8(3)4/h8H,5-7,13H2,1-4H3,(H,14,15). The molecule has 5 heteroatoms. The van der Waals surface area contributed by atoms with Crippen LogP contribution in [0.1, 0.15) is 50.3 Å². The highest BCUT2D eigenvalue weighted by Crippen LogP contribution is 2.18. The van der Waals surface area contributed by atoms with Gasteiger partial charge in [0, 0.05) is 12.6 Å². The van der Waals surface area contributed by atoms with Crippen molar-refractivity contribution in [2.75, 3.05) is 12.3 Å². The molecule has 0 aliphatic rings. The van der Waals surface area contributed by atoms with Gasteiger partial charge >= 0.3 is 0 Å². The van der Waals surface area contributed by atoms with Crippen LogP contribution in [0.5, 0.6) is 0 Å². The van der Waals surface area contributed by atoms with E-state index in [9.17, 15) is 4.79 Å². The maximum absolute atomic E-state index is 12.2. The van der Waals surface area contributed by atoms with Crippen LogP contribution in [0.2, 0.25) is 0 Å². The first kappa shape index (κ1) is 13.5. The summed E-state index contributed by atoms with van der Waals surface area (Å²) in [5, 5.41) is 6.90. The van der Waals surface area contributed by atoms with Crippen molar-refractivity contribution in [3.63, 3.8) is 0 Å². The van der Waals surface area contributed by atoms with Crippen LogP contribution in [-0.4, -0.2) is 33.6 Å². The van der Waals surface area contributed by atoms with E-state index in [0.29, 0.717) is 17.9 Å². The van der Waals surface area contributed by atoms with Crippen LogP contribution in [0.25, 0.3) is 0 Å². The molecule has 0 spiro atoms. The minimum Gasteiger partial charge on any atom is -0.395 e. The molecule has 0 aliphatic carbocycles. The fourth-order valence-electron chi connectivity index (χ4n) is 1.87. The number of anilines is 1. The Balaban J connectivity index is 2.96. The topological polar surface area (TPSA) is 75.0 Å². The smallest absolute Gasteiger partial charge is 0.276 e. The molecular formula is C12H22N4O. The van der Waals surface area contributed by atoms with Gasteiger partial charge in [0.1, 0.15) is 0 Å². The van der Waals surface area contributed by atoms with Crippen molar-refractivity contribution in [2.24, 2.45) is 0 Å². The number of aromatic amines is 1. The number of nitrogens with one attached hydrogen (secondary N) is 1. The van der Waals surface area contributed by atoms with Crippen LogP contribution in [0.4, 0.5) is 5.69 Å². The summed E-state index contributed by atoms with van der Waals surface area (Å²) in [7, 11) is 0. The molecule has 1 heterocycles. The number of nitrogen functional groups attached to an aromatic ring is 1. The van der Waals surface area contributed by atoms with E-state index in [2.05, 4.69) is 17.1 Å². The van der Waals surface area contributed by atoms with Gasteiger partial charge in [-0.2, -0.15) is 5.10 Å². The molecule has 0 atom stereocenters. The summed E-state index contributed by atoms with van der Waals surface area (Å²) >= 11 is 0. The van der Waals surface area contributed by atoms with Gasteiger partial charge in [-0.05, 0) is 27.2 Å². The molecule has 5 nitrogen and oxygen atoms in total. The summed E-state index contributed by atoms with van der Waals surface area (Å²) in [5.41, 5.74) is 7.65. The van der Waals surface area contributed by atoms with Crippen LogP contribution in [0.15, 0.2) is 0 Å². The Morgan fingerprint density at radius 3 is 2.59 bits per heavy atom. The molecule has 0 aliphatic heterocycles. The molecule has 1 amide bonds. The second kappa shape index (κ2) is 5.70. The molecule has 0 fully saturated rings. The SMILES string of the molecule is CCCc1[nH]nc(C(=O)N(CC)C(C)C)c1N. The zero-order valence-electron chi connectivity index (χ0n) is 11.1. The molecule has 0 aromatic carbocycles. The van der Waals surface area contributed by atoms with Crippen molar-refractivity contribution < 1.29 is 4.79 Å². The fourth-order valence-corrected chi connectivity index (χ4v) is 1.87. The molecule has 0 bridgehead atoms. The van der Waals surface area contributed by atoms with Gasteiger partial charge in [0.05, 0.1) is 11.4 Å². The number of aryl methyl sites for hydroxylation is 1. The minimum atomic E-state index is -0.0985. The van der Waals surface area contributed by atoms with Gasteiger partial charge in [0.15, 0.2) is 5.69 Å². The number of aromatic nitrogens is 2. The number of carbonyl (C=O) groups excluding carboxylic acids is 1. The van der Waals surface area contributed by atoms with Gasteiger partial charge in [0.25, 0.3) is 5.91 Å². The maximum Gasteiger partial charge on any atom is 0.276 e. The lowest BCUT2D eigenvalue weighted by Gasteiger charge is -2.24. The Hall–Kier alpha value is -1.52. The van der Waals surface area contributed by atoms with E-state index in [0.717, 1.165) is 18.5 Å². The molecular weight excluding hydrogens is 216 g/mol. The Bertz CT molecular complexity index is 384. The molecule has 0 saturated carbocycles. The van der Waals surface area contributed by atoms with Crippen molar-refractivity contribution in [1.82, 2.24) is 15.1 Å². The molecule has 0 unspecified atom stereocenters.